The van der Waals surface area contributed by atoms with E-state index in [1.165, 1.54) is 33.5 Å². The molecular weight excluding hydrogens is 451 g/mol. The maximum atomic E-state index is 13.3. The maximum Gasteiger partial charge on any atom is 0.416 e. The molecule has 0 unspecified atom stereocenters. The molecule has 6 nitrogen and oxygen atoms in total. The number of nitrogens with one attached hydrogen (secondary N) is 1. The minimum absolute atomic E-state index is 0.0296. The van der Waals surface area contributed by atoms with Crippen LogP contribution in [0, 0.1) is 0 Å². The second kappa shape index (κ2) is 10.7. The van der Waals surface area contributed by atoms with E-state index in [1.54, 1.807) is 42.5 Å². The Bertz CT molecular complexity index is 1190. The molecule has 0 saturated carbocycles. The Balaban J connectivity index is 1.89. The molecule has 0 radical (unpaired) electrons. The lowest BCUT2D eigenvalue weighted by Crippen LogP contribution is -2.11. The highest BCUT2D eigenvalue weighted by molar-refractivity contribution is 6.03. The van der Waals surface area contributed by atoms with Gasteiger partial charge in [-0.3, -0.25) is 4.79 Å². The van der Waals surface area contributed by atoms with Crippen molar-refractivity contribution in [2.75, 3.05) is 26.6 Å². The summed E-state index contributed by atoms with van der Waals surface area (Å²) in [5.74, 6) is 1.23. The second-order valence-corrected chi connectivity index (χ2v) is 6.92. The SMILES string of the molecule is COc1cccc(Oc2ccc(C(F)(F)F)cc2NC(=O)/C=C/c2cc(OC)ccc2OC)c1. The van der Waals surface area contributed by atoms with Crippen LogP contribution in [0.15, 0.2) is 66.7 Å². The van der Waals surface area contributed by atoms with Crippen molar-refractivity contribution in [1.29, 1.82) is 0 Å². The van der Waals surface area contributed by atoms with Gasteiger partial charge in [0, 0.05) is 17.7 Å². The summed E-state index contributed by atoms with van der Waals surface area (Å²) >= 11 is 0. The van der Waals surface area contributed by atoms with Crippen molar-refractivity contribution in [3.05, 3.63) is 77.9 Å². The molecule has 0 fully saturated rings. The van der Waals surface area contributed by atoms with Gasteiger partial charge in [0.05, 0.1) is 32.6 Å². The van der Waals surface area contributed by atoms with E-state index in [9.17, 15) is 18.0 Å². The molecule has 1 N–H and O–H groups in total. The zero-order chi connectivity index (χ0) is 24.7. The Kier molecular flexibility index (Phi) is 7.68. The lowest BCUT2D eigenvalue weighted by Gasteiger charge is -2.15. The number of halogens is 3. The monoisotopic (exact) mass is 473 g/mol. The van der Waals surface area contributed by atoms with Gasteiger partial charge in [-0.05, 0) is 54.6 Å². The Labute approximate surface area is 194 Å². The Morgan fingerprint density at radius 3 is 2.18 bits per heavy atom. The summed E-state index contributed by atoms with van der Waals surface area (Å²) < 4.78 is 61.1. The van der Waals surface area contributed by atoms with Gasteiger partial charge in [-0.2, -0.15) is 13.2 Å². The number of hydrogen-bond acceptors (Lipinski definition) is 5. The zero-order valence-corrected chi connectivity index (χ0v) is 18.6. The molecule has 0 saturated heterocycles. The number of carbonyl (C=O) groups is 1. The van der Waals surface area contributed by atoms with E-state index in [0.717, 1.165) is 18.2 Å². The van der Waals surface area contributed by atoms with Gasteiger partial charge in [0.2, 0.25) is 5.91 Å². The molecule has 3 aromatic carbocycles. The standard InChI is InChI=1S/C25H22F3NO5/c1-31-18-5-4-6-20(15-18)34-23-10-8-17(25(26,27)28)14-21(23)29-24(30)12-7-16-13-19(32-2)9-11-22(16)33-3/h4-15H,1-3H3,(H,29,30)/b12-7+. The fourth-order valence-corrected chi connectivity index (χ4v) is 2.99. The van der Waals surface area contributed by atoms with Gasteiger partial charge in [0.25, 0.3) is 0 Å². The summed E-state index contributed by atoms with van der Waals surface area (Å²) in [6.45, 7) is 0. The van der Waals surface area contributed by atoms with E-state index >= 15 is 0 Å². The first-order chi connectivity index (χ1) is 16.2. The van der Waals surface area contributed by atoms with Crippen molar-refractivity contribution in [3.63, 3.8) is 0 Å². The fraction of sp³-hybridized carbons (Fsp3) is 0.160. The first-order valence-corrected chi connectivity index (χ1v) is 9.97. The number of methoxy groups -OCH3 is 3. The molecule has 178 valence electrons. The van der Waals surface area contributed by atoms with Gasteiger partial charge < -0.3 is 24.3 Å². The summed E-state index contributed by atoms with van der Waals surface area (Å²) in [6.07, 6.45) is -1.96. The van der Waals surface area contributed by atoms with Gasteiger partial charge >= 0.3 is 6.18 Å². The molecule has 1 amide bonds. The number of rotatable bonds is 8. The van der Waals surface area contributed by atoms with Crippen LogP contribution in [0.2, 0.25) is 0 Å². The third kappa shape index (κ3) is 6.22. The number of carbonyl (C=O) groups excluding carboxylic acids is 1. The molecule has 0 bridgehead atoms. The van der Waals surface area contributed by atoms with Crippen molar-refractivity contribution >= 4 is 17.7 Å². The zero-order valence-electron chi connectivity index (χ0n) is 18.6. The lowest BCUT2D eigenvalue weighted by molar-refractivity contribution is -0.137. The van der Waals surface area contributed by atoms with Crippen LogP contribution in [-0.2, 0) is 11.0 Å². The first kappa shape index (κ1) is 24.5. The number of anilines is 1. The molecule has 34 heavy (non-hydrogen) atoms. The quantitative estimate of drug-likeness (QED) is 0.396. The maximum absolute atomic E-state index is 13.3. The number of ether oxygens (including phenoxy) is 4. The van der Waals surface area contributed by atoms with Crippen LogP contribution in [0.5, 0.6) is 28.7 Å². The Morgan fingerprint density at radius 1 is 0.824 bits per heavy atom. The largest absolute Gasteiger partial charge is 0.497 e. The van der Waals surface area contributed by atoms with Crippen LogP contribution in [0.25, 0.3) is 6.08 Å². The van der Waals surface area contributed by atoms with Crippen molar-refractivity contribution < 1.29 is 36.9 Å². The van der Waals surface area contributed by atoms with E-state index < -0.39 is 17.6 Å². The summed E-state index contributed by atoms with van der Waals surface area (Å²) in [5.41, 5.74) is -0.530. The normalized spacial score (nSPS) is 11.2. The van der Waals surface area contributed by atoms with Crippen LogP contribution in [0.1, 0.15) is 11.1 Å². The minimum Gasteiger partial charge on any atom is -0.497 e. The van der Waals surface area contributed by atoms with Crippen LogP contribution >= 0.6 is 0 Å². The molecule has 9 heteroatoms. The number of hydrogen-bond donors (Lipinski definition) is 1. The third-order valence-electron chi connectivity index (χ3n) is 4.68. The predicted molar refractivity (Wildman–Crippen MR) is 122 cm³/mol. The molecule has 3 aromatic rings. The summed E-state index contributed by atoms with van der Waals surface area (Å²) in [6, 6.07) is 14.4. The lowest BCUT2D eigenvalue weighted by atomic mass is 10.1. The Hall–Kier alpha value is -4.14. The molecule has 0 aromatic heterocycles. The molecule has 0 aliphatic heterocycles. The average molecular weight is 473 g/mol. The highest BCUT2D eigenvalue weighted by Gasteiger charge is 2.31. The highest BCUT2D eigenvalue weighted by atomic mass is 19.4. The molecule has 0 aliphatic rings. The van der Waals surface area contributed by atoms with E-state index in [0.29, 0.717) is 28.6 Å². The average Bonchev–Trinajstić information content (AvgIpc) is 2.83. The van der Waals surface area contributed by atoms with E-state index in [2.05, 4.69) is 5.32 Å². The van der Waals surface area contributed by atoms with E-state index in [1.807, 2.05) is 0 Å². The van der Waals surface area contributed by atoms with E-state index in [-0.39, 0.29) is 11.4 Å². The van der Waals surface area contributed by atoms with Crippen molar-refractivity contribution in [2.24, 2.45) is 0 Å². The topological polar surface area (TPSA) is 66.0 Å². The van der Waals surface area contributed by atoms with Crippen LogP contribution in [0.4, 0.5) is 18.9 Å². The molecule has 0 aliphatic carbocycles. The molecule has 0 atom stereocenters. The number of benzene rings is 3. The number of amides is 1. The minimum atomic E-state index is -4.60. The van der Waals surface area contributed by atoms with Crippen molar-refractivity contribution in [2.45, 2.75) is 6.18 Å². The van der Waals surface area contributed by atoms with Crippen LogP contribution < -0.4 is 24.3 Å². The van der Waals surface area contributed by atoms with Gasteiger partial charge in [-0.25, -0.2) is 0 Å². The fourth-order valence-electron chi connectivity index (χ4n) is 2.99. The Morgan fingerprint density at radius 2 is 1.50 bits per heavy atom. The van der Waals surface area contributed by atoms with Gasteiger partial charge in [0.15, 0.2) is 5.75 Å². The first-order valence-electron chi connectivity index (χ1n) is 9.97. The number of alkyl halides is 3. The second-order valence-electron chi connectivity index (χ2n) is 6.92. The molecule has 3 rings (SSSR count). The van der Waals surface area contributed by atoms with Crippen molar-refractivity contribution in [3.8, 4) is 28.7 Å². The predicted octanol–water partition coefficient (Wildman–Crippen LogP) is 6.18. The van der Waals surface area contributed by atoms with Crippen LogP contribution in [0.3, 0.4) is 0 Å². The van der Waals surface area contributed by atoms with Crippen molar-refractivity contribution in [1.82, 2.24) is 0 Å². The molecular formula is C25H22F3NO5. The van der Waals surface area contributed by atoms with Gasteiger partial charge in [-0.1, -0.05) is 6.07 Å². The third-order valence-corrected chi connectivity index (χ3v) is 4.68. The molecule has 0 heterocycles. The van der Waals surface area contributed by atoms with Gasteiger partial charge in [0.1, 0.15) is 23.0 Å². The van der Waals surface area contributed by atoms with E-state index in [4.69, 9.17) is 18.9 Å². The summed E-state index contributed by atoms with van der Waals surface area (Å²) in [4.78, 5) is 12.6. The molecule has 0 spiro atoms. The summed E-state index contributed by atoms with van der Waals surface area (Å²) in [5, 5.41) is 2.45. The van der Waals surface area contributed by atoms with Gasteiger partial charge in [-0.15, -0.1) is 0 Å². The highest BCUT2D eigenvalue weighted by Crippen LogP contribution is 2.37. The smallest absolute Gasteiger partial charge is 0.416 e. The summed E-state index contributed by atoms with van der Waals surface area (Å²) in [7, 11) is 4.45. The van der Waals surface area contributed by atoms with Crippen LogP contribution in [-0.4, -0.2) is 27.2 Å².